The number of aromatic nitrogens is 3. The van der Waals surface area contributed by atoms with Crippen molar-refractivity contribution in [1.82, 2.24) is 25.0 Å². The third kappa shape index (κ3) is 6.50. The third-order valence-electron chi connectivity index (χ3n) is 4.55. The molecule has 2 amide bonds. The van der Waals surface area contributed by atoms with Gasteiger partial charge in [-0.25, -0.2) is 0 Å². The number of rotatable bonds is 9. The van der Waals surface area contributed by atoms with Crippen molar-refractivity contribution in [2.45, 2.75) is 56.6 Å². The molecule has 1 saturated carbocycles. The van der Waals surface area contributed by atoms with Gasteiger partial charge in [-0.15, -0.1) is 10.2 Å². The fourth-order valence-corrected chi connectivity index (χ4v) is 3.94. The maximum absolute atomic E-state index is 12.1. The van der Waals surface area contributed by atoms with E-state index in [0.717, 1.165) is 25.7 Å². The van der Waals surface area contributed by atoms with Gasteiger partial charge in [-0.05, 0) is 19.8 Å². The van der Waals surface area contributed by atoms with E-state index >= 15 is 0 Å². The number of ether oxygens (including phenoxy) is 1. The van der Waals surface area contributed by atoms with Crippen LogP contribution >= 0.6 is 11.8 Å². The Morgan fingerprint density at radius 2 is 1.93 bits per heavy atom. The molecule has 10 heteroatoms. The quantitative estimate of drug-likeness (QED) is 0.480. The molecule has 9 nitrogen and oxygen atoms in total. The van der Waals surface area contributed by atoms with Crippen LogP contribution in [0.1, 0.15) is 50.9 Å². The van der Waals surface area contributed by atoms with Crippen molar-refractivity contribution in [1.29, 1.82) is 0 Å². The molecule has 28 heavy (non-hydrogen) atoms. The van der Waals surface area contributed by atoms with Crippen molar-refractivity contribution < 1.29 is 19.1 Å². The number of nitrogens with zero attached hydrogens (tertiary/aromatic N) is 4. The Balaban J connectivity index is 2.03. The fourth-order valence-electron chi connectivity index (χ4n) is 3.09. The molecule has 0 atom stereocenters. The molecular weight excluding hydrogens is 382 g/mol. The lowest BCUT2D eigenvalue weighted by Gasteiger charge is -2.25. The summed E-state index contributed by atoms with van der Waals surface area (Å²) in [6.45, 7) is 2.06. The van der Waals surface area contributed by atoms with Crippen molar-refractivity contribution >= 4 is 29.5 Å². The molecular formula is C18H29N5O4S. The number of esters is 1. The maximum atomic E-state index is 12.1. The van der Waals surface area contributed by atoms with Crippen molar-refractivity contribution in [2.75, 3.05) is 33.0 Å². The zero-order chi connectivity index (χ0) is 20.5. The predicted octanol–water partition coefficient (Wildman–Crippen LogP) is 1.19. The Labute approximate surface area is 169 Å². The Morgan fingerprint density at radius 3 is 2.57 bits per heavy atom. The van der Waals surface area contributed by atoms with Crippen LogP contribution in [0.3, 0.4) is 0 Å². The molecule has 0 saturated heterocycles. The highest BCUT2D eigenvalue weighted by Gasteiger charge is 2.25. The van der Waals surface area contributed by atoms with Crippen LogP contribution in [0.5, 0.6) is 0 Å². The van der Waals surface area contributed by atoms with Gasteiger partial charge in [0, 0.05) is 20.1 Å². The summed E-state index contributed by atoms with van der Waals surface area (Å²) in [4.78, 5) is 37.0. The lowest BCUT2D eigenvalue weighted by atomic mass is 9.95. The van der Waals surface area contributed by atoms with Crippen LogP contribution in [-0.2, 0) is 25.5 Å². The third-order valence-corrected chi connectivity index (χ3v) is 5.49. The van der Waals surface area contributed by atoms with Gasteiger partial charge in [0.15, 0.2) is 5.16 Å². The molecule has 0 unspecified atom stereocenters. The smallest absolute Gasteiger partial charge is 0.313 e. The van der Waals surface area contributed by atoms with E-state index in [-0.39, 0.29) is 42.5 Å². The van der Waals surface area contributed by atoms with Gasteiger partial charge in [0.2, 0.25) is 11.8 Å². The molecule has 1 aromatic rings. The molecule has 1 fully saturated rings. The Morgan fingerprint density at radius 1 is 1.21 bits per heavy atom. The summed E-state index contributed by atoms with van der Waals surface area (Å²) in [7, 11) is 3.28. The van der Waals surface area contributed by atoms with Crippen LogP contribution in [-0.4, -0.2) is 70.4 Å². The number of nitrogens with one attached hydrogen (secondary N) is 1. The number of hydrogen-bond acceptors (Lipinski definition) is 7. The fraction of sp³-hybridized carbons (Fsp3) is 0.722. The highest BCUT2D eigenvalue weighted by Crippen LogP contribution is 2.32. The summed E-state index contributed by atoms with van der Waals surface area (Å²) in [5, 5.41) is 11.6. The summed E-state index contributed by atoms with van der Waals surface area (Å²) >= 11 is 1.27. The molecule has 0 radical (unpaired) electrons. The van der Waals surface area contributed by atoms with Crippen molar-refractivity contribution in [3.05, 3.63) is 5.82 Å². The molecule has 1 heterocycles. The highest BCUT2D eigenvalue weighted by molar-refractivity contribution is 7.99. The van der Waals surface area contributed by atoms with Crippen molar-refractivity contribution in [2.24, 2.45) is 0 Å². The van der Waals surface area contributed by atoms with E-state index in [2.05, 4.69) is 15.5 Å². The van der Waals surface area contributed by atoms with Gasteiger partial charge in [0.25, 0.3) is 0 Å². The number of thioether (sulfide) groups is 1. The van der Waals surface area contributed by atoms with Crippen LogP contribution in [0.25, 0.3) is 0 Å². The molecule has 1 aromatic heterocycles. The standard InChI is InChI=1S/C18H29N5O4S/c1-4-27-17(26)10-14-20-21-18(23(14)13-8-6-5-7-9-13)28-12-15(24)19-11-16(25)22(2)3/h13H,4-12H2,1-3H3,(H,19,24). The summed E-state index contributed by atoms with van der Waals surface area (Å²) in [6, 6.07) is 0.231. The number of hydrogen-bond donors (Lipinski definition) is 1. The van der Waals surface area contributed by atoms with Crippen molar-refractivity contribution in [3.63, 3.8) is 0 Å². The Bertz CT molecular complexity index is 686. The van der Waals surface area contributed by atoms with Crippen LogP contribution in [0.15, 0.2) is 5.16 Å². The van der Waals surface area contributed by atoms with E-state index in [1.807, 2.05) is 4.57 Å². The average molecular weight is 412 g/mol. The van der Waals surface area contributed by atoms with E-state index in [1.165, 1.54) is 23.1 Å². The summed E-state index contributed by atoms with van der Waals surface area (Å²) in [5.41, 5.74) is 0. The minimum atomic E-state index is -0.330. The second-order valence-corrected chi connectivity index (χ2v) is 7.84. The number of likely N-dealkylation sites (N-methyl/N-ethyl adjacent to an activating group) is 1. The first kappa shape index (κ1) is 22.2. The van der Waals surface area contributed by atoms with E-state index in [0.29, 0.717) is 17.6 Å². The summed E-state index contributed by atoms with van der Waals surface area (Å²) in [6.07, 6.45) is 5.53. The number of carbonyl (C=O) groups is 3. The van der Waals surface area contributed by atoms with Gasteiger partial charge in [0.05, 0.1) is 18.9 Å². The second kappa shape index (κ2) is 11.0. The van der Waals surface area contributed by atoms with E-state index in [9.17, 15) is 14.4 Å². The van der Waals surface area contributed by atoms with Crippen LogP contribution in [0.2, 0.25) is 0 Å². The lowest BCUT2D eigenvalue weighted by molar-refractivity contribution is -0.142. The molecule has 0 spiro atoms. The van der Waals surface area contributed by atoms with Crippen molar-refractivity contribution in [3.8, 4) is 0 Å². The Kier molecular flexibility index (Phi) is 8.75. The largest absolute Gasteiger partial charge is 0.466 e. The van der Waals surface area contributed by atoms with Gasteiger partial charge in [-0.3, -0.25) is 14.4 Å². The van der Waals surface area contributed by atoms with Crippen LogP contribution in [0, 0.1) is 0 Å². The molecule has 1 aliphatic rings. The van der Waals surface area contributed by atoms with Gasteiger partial charge in [-0.1, -0.05) is 31.0 Å². The monoisotopic (exact) mass is 411 g/mol. The molecule has 2 rings (SSSR count). The first-order valence-corrected chi connectivity index (χ1v) is 10.6. The SMILES string of the molecule is CCOC(=O)Cc1nnc(SCC(=O)NCC(=O)N(C)C)n1C1CCCCC1. The number of carbonyl (C=O) groups excluding carboxylic acids is 3. The van der Waals surface area contributed by atoms with Gasteiger partial charge in [0.1, 0.15) is 12.2 Å². The zero-order valence-electron chi connectivity index (χ0n) is 16.8. The van der Waals surface area contributed by atoms with Gasteiger partial charge < -0.3 is 19.5 Å². The first-order chi connectivity index (χ1) is 13.4. The summed E-state index contributed by atoms with van der Waals surface area (Å²) < 4.78 is 7.04. The molecule has 0 bridgehead atoms. The van der Waals surface area contributed by atoms with E-state index in [1.54, 1.807) is 21.0 Å². The second-order valence-electron chi connectivity index (χ2n) is 6.90. The predicted molar refractivity (Wildman–Crippen MR) is 105 cm³/mol. The van der Waals surface area contributed by atoms with Crippen LogP contribution in [0.4, 0.5) is 0 Å². The molecule has 0 aromatic carbocycles. The lowest BCUT2D eigenvalue weighted by Crippen LogP contribution is -2.37. The molecule has 1 aliphatic carbocycles. The van der Waals surface area contributed by atoms with E-state index < -0.39 is 0 Å². The zero-order valence-corrected chi connectivity index (χ0v) is 17.6. The first-order valence-electron chi connectivity index (χ1n) is 9.61. The molecule has 0 aliphatic heterocycles. The minimum Gasteiger partial charge on any atom is -0.466 e. The van der Waals surface area contributed by atoms with Gasteiger partial charge >= 0.3 is 5.97 Å². The topological polar surface area (TPSA) is 106 Å². The minimum absolute atomic E-state index is 0.0319. The van der Waals surface area contributed by atoms with E-state index in [4.69, 9.17) is 4.74 Å². The molecule has 1 N–H and O–H groups in total. The van der Waals surface area contributed by atoms with Gasteiger partial charge in [-0.2, -0.15) is 0 Å². The van der Waals surface area contributed by atoms with Crippen LogP contribution < -0.4 is 5.32 Å². The Hall–Kier alpha value is -2.10. The normalized spacial score (nSPS) is 14.5. The average Bonchev–Trinajstić information content (AvgIpc) is 3.07. The summed E-state index contributed by atoms with van der Waals surface area (Å²) in [5.74, 6) is -0.0319. The highest BCUT2D eigenvalue weighted by atomic mass is 32.2. The number of amides is 2. The molecule has 156 valence electrons. The maximum Gasteiger partial charge on any atom is 0.313 e.